The van der Waals surface area contributed by atoms with E-state index in [1.807, 2.05) is 25.2 Å². The first-order valence-electron chi connectivity index (χ1n) is 6.66. The lowest BCUT2D eigenvalue weighted by Gasteiger charge is -2.04. The molecule has 0 amide bonds. The Labute approximate surface area is 129 Å². The van der Waals surface area contributed by atoms with Crippen LogP contribution < -0.4 is 5.32 Å². The van der Waals surface area contributed by atoms with Gasteiger partial charge >= 0.3 is 0 Å². The first kappa shape index (κ1) is 15.5. The molecule has 2 heterocycles. The fraction of sp³-hybridized carbons (Fsp3) is 0.333. The number of aryl methyl sites for hydroxylation is 1. The van der Waals surface area contributed by atoms with Gasteiger partial charge in [0.1, 0.15) is 5.58 Å². The summed E-state index contributed by atoms with van der Waals surface area (Å²) in [6, 6.07) is 8.28. The van der Waals surface area contributed by atoms with Crippen LogP contribution in [0.2, 0.25) is 0 Å². The van der Waals surface area contributed by atoms with Crippen LogP contribution in [0, 0.1) is 6.92 Å². The highest BCUT2D eigenvalue weighted by atomic mass is 35.5. The Bertz CT molecular complexity index is 735. The highest BCUT2D eigenvalue weighted by molar-refractivity contribution is 5.85. The number of furan rings is 1. The van der Waals surface area contributed by atoms with Crippen LogP contribution in [-0.4, -0.2) is 23.2 Å². The fourth-order valence-electron chi connectivity index (χ4n) is 2.08. The van der Waals surface area contributed by atoms with Crippen molar-refractivity contribution in [3.05, 3.63) is 35.7 Å². The van der Waals surface area contributed by atoms with Crippen molar-refractivity contribution in [3.8, 4) is 11.7 Å². The zero-order chi connectivity index (χ0) is 14.1. The van der Waals surface area contributed by atoms with Gasteiger partial charge in [-0.05, 0) is 39.1 Å². The molecule has 0 fully saturated rings. The van der Waals surface area contributed by atoms with E-state index in [-0.39, 0.29) is 12.4 Å². The molecule has 0 bridgehead atoms. The zero-order valence-electron chi connectivity index (χ0n) is 12.2. The molecule has 3 aromatic rings. The number of benzene rings is 1. The molecule has 1 aromatic carbocycles. The minimum Gasteiger partial charge on any atom is -0.451 e. The maximum atomic E-state index is 5.74. The fourth-order valence-corrected chi connectivity index (χ4v) is 2.08. The second kappa shape index (κ2) is 6.28. The topological polar surface area (TPSA) is 64.1 Å². The predicted octanol–water partition coefficient (Wildman–Crippen LogP) is 3.36. The number of nitrogens with one attached hydrogen (secondary N) is 1. The maximum Gasteiger partial charge on any atom is 0.293 e. The molecule has 3 rings (SSSR count). The summed E-state index contributed by atoms with van der Waals surface area (Å²) in [5.74, 6) is 1.72. The zero-order valence-corrected chi connectivity index (χ0v) is 13.0. The van der Waals surface area contributed by atoms with Gasteiger partial charge in [0.2, 0.25) is 0 Å². The van der Waals surface area contributed by atoms with Crippen LogP contribution in [0.4, 0.5) is 0 Å². The largest absolute Gasteiger partial charge is 0.451 e. The lowest BCUT2D eigenvalue weighted by molar-refractivity contribution is 0.408. The summed E-state index contributed by atoms with van der Waals surface area (Å²) in [4.78, 5) is 4.37. The second-order valence-corrected chi connectivity index (χ2v) is 5.06. The summed E-state index contributed by atoms with van der Waals surface area (Å²) in [5, 5.41) is 8.17. The molecule has 0 aliphatic carbocycles. The highest BCUT2D eigenvalue weighted by Crippen LogP contribution is 2.27. The highest BCUT2D eigenvalue weighted by Gasteiger charge is 2.15. The van der Waals surface area contributed by atoms with Gasteiger partial charge in [-0.25, -0.2) is 0 Å². The van der Waals surface area contributed by atoms with Gasteiger partial charge in [0.05, 0.1) is 0 Å². The van der Waals surface area contributed by atoms with Crippen molar-refractivity contribution in [3.63, 3.8) is 0 Å². The number of hydrogen-bond donors (Lipinski definition) is 1. The minimum absolute atomic E-state index is 0. The van der Waals surface area contributed by atoms with Crippen molar-refractivity contribution in [2.24, 2.45) is 0 Å². The molecule has 6 heteroatoms. The number of hydrogen-bond acceptors (Lipinski definition) is 5. The quantitative estimate of drug-likeness (QED) is 0.800. The number of rotatable bonds is 4. The van der Waals surface area contributed by atoms with Crippen molar-refractivity contribution in [1.29, 1.82) is 0 Å². The molecule has 1 unspecified atom stereocenters. The van der Waals surface area contributed by atoms with E-state index in [4.69, 9.17) is 8.94 Å². The summed E-state index contributed by atoms with van der Waals surface area (Å²) < 4.78 is 11.0. The molecule has 0 saturated heterocycles. The van der Waals surface area contributed by atoms with Crippen LogP contribution in [0.5, 0.6) is 0 Å². The average molecular weight is 308 g/mol. The van der Waals surface area contributed by atoms with E-state index in [9.17, 15) is 0 Å². The molecule has 0 aliphatic heterocycles. The smallest absolute Gasteiger partial charge is 0.293 e. The Balaban J connectivity index is 0.00000161. The molecule has 21 heavy (non-hydrogen) atoms. The average Bonchev–Trinajstić information content (AvgIpc) is 3.04. The van der Waals surface area contributed by atoms with Crippen molar-refractivity contribution >= 4 is 23.4 Å². The van der Waals surface area contributed by atoms with Crippen LogP contribution in [0.25, 0.3) is 22.6 Å². The third-order valence-electron chi connectivity index (χ3n) is 3.33. The van der Waals surface area contributed by atoms with Crippen LogP contribution in [0.15, 0.2) is 33.2 Å². The van der Waals surface area contributed by atoms with E-state index >= 15 is 0 Å². The van der Waals surface area contributed by atoms with Crippen molar-refractivity contribution in [1.82, 2.24) is 15.5 Å². The Morgan fingerprint density at radius 3 is 2.86 bits per heavy atom. The van der Waals surface area contributed by atoms with Gasteiger partial charge in [0, 0.05) is 17.8 Å². The number of aromatic nitrogens is 2. The lowest BCUT2D eigenvalue weighted by Crippen LogP contribution is -2.24. The summed E-state index contributed by atoms with van der Waals surface area (Å²) in [6.07, 6.45) is 0.722. The normalized spacial score (nSPS) is 12.3. The lowest BCUT2D eigenvalue weighted by atomic mass is 10.2. The van der Waals surface area contributed by atoms with Crippen molar-refractivity contribution < 1.29 is 8.94 Å². The number of nitrogens with zero attached hydrogens (tertiary/aromatic N) is 2. The third-order valence-corrected chi connectivity index (χ3v) is 3.33. The van der Waals surface area contributed by atoms with E-state index in [1.165, 1.54) is 5.56 Å². The van der Waals surface area contributed by atoms with E-state index in [1.54, 1.807) is 0 Å². The van der Waals surface area contributed by atoms with Gasteiger partial charge in [-0.3, -0.25) is 0 Å². The number of likely N-dealkylation sites (N-methyl/N-ethyl adjacent to an activating group) is 1. The maximum absolute atomic E-state index is 5.74. The molecule has 1 atom stereocenters. The molecular formula is C15H18ClN3O2. The third kappa shape index (κ3) is 3.25. The summed E-state index contributed by atoms with van der Waals surface area (Å²) >= 11 is 0. The van der Waals surface area contributed by atoms with Crippen LogP contribution >= 0.6 is 12.4 Å². The first-order chi connectivity index (χ1) is 9.65. The molecule has 2 aromatic heterocycles. The van der Waals surface area contributed by atoms with Crippen LogP contribution in [-0.2, 0) is 6.42 Å². The van der Waals surface area contributed by atoms with Crippen molar-refractivity contribution in [2.45, 2.75) is 26.3 Å². The Morgan fingerprint density at radius 2 is 2.10 bits per heavy atom. The van der Waals surface area contributed by atoms with E-state index in [2.05, 4.69) is 35.4 Å². The van der Waals surface area contributed by atoms with E-state index in [0.717, 1.165) is 17.4 Å². The molecule has 1 N–H and O–H groups in total. The predicted molar refractivity (Wildman–Crippen MR) is 83.7 cm³/mol. The summed E-state index contributed by atoms with van der Waals surface area (Å²) in [6.45, 7) is 4.12. The standard InChI is InChI=1S/C15H17N3O2.ClH/c1-9-4-5-12-11(6-9)8-13(19-12)15-17-14(18-20-15)7-10(2)16-3;/h4-6,8,10,16H,7H2,1-3H3;1H. The van der Waals surface area contributed by atoms with E-state index in [0.29, 0.717) is 23.5 Å². The van der Waals surface area contributed by atoms with Gasteiger partial charge in [0.25, 0.3) is 5.89 Å². The number of halogens is 1. The Morgan fingerprint density at radius 1 is 1.29 bits per heavy atom. The first-order valence-corrected chi connectivity index (χ1v) is 6.66. The molecule has 0 saturated carbocycles. The molecule has 0 aliphatic rings. The Kier molecular flexibility index (Phi) is 4.65. The monoisotopic (exact) mass is 307 g/mol. The molecular weight excluding hydrogens is 290 g/mol. The minimum atomic E-state index is 0. The molecule has 5 nitrogen and oxygen atoms in total. The van der Waals surface area contributed by atoms with Gasteiger partial charge in [0.15, 0.2) is 11.6 Å². The van der Waals surface area contributed by atoms with E-state index < -0.39 is 0 Å². The Hall–Kier alpha value is -1.85. The number of fused-ring (bicyclic) bond motifs is 1. The summed E-state index contributed by atoms with van der Waals surface area (Å²) in [7, 11) is 1.91. The van der Waals surface area contributed by atoms with Crippen molar-refractivity contribution in [2.75, 3.05) is 7.05 Å². The SMILES string of the molecule is CNC(C)Cc1noc(-c2cc3cc(C)ccc3o2)n1.Cl. The molecule has 0 radical (unpaired) electrons. The van der Waals surface area contributed by atoms with Crippen LogP contribution in [0.1, 0.15) is 18.3 Å². The van der Waals surface area contributed by atoms with Gasteiger partial charge in [-0.15, -0.1) is 12.4 Å². The van der Waals surface area contributed by atoms with Gasteiger partial charge < -0.3 is 14.3 Å². The van der Waals surface area contributed by atoms with Crippen LogP contribution in [0.3, 0.4) is 0 Å². The van der Waals surface area contributed by atoms with Gasteiger partial charge in [-0.1, -0.05) is 16.8 Å². The molecule has 112 valence electrons. The van der Waals surface area contributed by atoms with Gasteiger partial charge in [-0.2, -0.15) is 4.98 Å². The second-order valence-electron chi connectivity index (χ2n) is 5.06. The molecule has 0 spiro atoms. The summed E-state index contributed by atoms with van der Waals surface area (Å²) in [5.41, 5.74) is 2.02.